The number of ether oxygens (including phenoxy) is 1. The molecular weight excluding hydrogens is 399 g/mol. The molecule has 1 atom stereocenters. The zero-order valence-electron chi connectivity index (χ0n) is 16.4. The zero-order valence-corrected chi connectivity index (χ0v) is 16.4. The Morgan fingerprint density at radius 2 is 1.87 bits per heavy atom. The SMILES string of the molecule is CCOCc1nc(C(C)NC(=O)c2ccccc2-c2ccc(C(F)(F)F)cc2)no1. The van der Waals surface area contributed by atoms with Crippen LogP contribution in [0.15, 0.2) is 53.1 Å². The summed E-state index contributed by atoms with van der Waals surface area (Å²) in [6, 6.07) is 10.8. The first-order chi connectivity index (χ1) is 14.3. The molecule has 1 N–H and O–H groups in total. The minimum absolute atomic E-state index is 0.181. The van der Waals surface area contributed by atoms with E-state index in [4.69, 9.17) is 9.26 Å². The predicted octanol–water partition coefficient (Wildman–Crippen LogP) is 4.78. The number of hydrogen-bond acceptors (Lipinski definition) is 5. The van der Waals surface area contributed by atoms with Crippen molar-refractivity contribution in [1.82, 2.24) is 15.5 Å². The summed E-state index contributed by atoms with van der Waals surface area (Å²) >= 11 is 0. The van der Waals surface area contributed by atoms with E-state index in [1.807, 2.05) is 6.92 Å². The van der Waals surface area contributed by atoms with Crippen molar-refractivity contribution in [2.24, 2.45) is 0 Å². The lowest BCUT2D eigenvalue weighted by Crippen LogP contribution is -2.27. The molecule has 0 aliphatic rings. The van der Waals surface area contributed by atoms with E-state index in [0.717, 1.165) is 12.1 Å². The highest BCUT2D eigenvalue weighted by Gasteiger charge is 2.30. The number of benzene rings is 2. The molecule has 6 nitrogen and oxygen atoms in total. The lowest BCUT2D eigenvalue weighted by Gasteiger charge is -2.14. The van der Waals surface area contributed by atoms with Crippen LogP contribution in [0.3, 0.4) is 0 Å². The molecule has 9 heteroatoms. The fourth-order valence-corrected chi connectivity index (χ4v) is 2.80. The first-order valence-electron chi connectivity index (χ1n) is 9.27. The van der Waals surface area contributed by atoms with Crippen LogP contribution >= 0.6 is 0 Å². The summed E-state index contributed by atoms with van der Waals surface area (Å²) in [7, 11) is 0. The van der Waals surface area contributed by atoms with Gasteiger partial charge in [-0.2, -0.15) is 18.2 Å². The van der Waals surface area contributed by atoms with Crippen LogP contribution in [-0.4, -0.2) is 22.7 Å². The summed E-state index contributed by atoms with van der Waals surface area (Å²) in [6.45, 7) is 4.23. The van der Waals surface area contributed by atoms with Gasteiger partial charge in [0.2, 0.25) is 0 Å². The number of nitrogens with one attached hydrogen (secondary N) is 1. The Hall–Kier alpha value is -3.20. The molecule has 158 valence electrons. The lowest BCUT2D eigenvalue weighted by molar-refractivity contribution is -0.137. The Labute approximate surface area is 171 Å². The topological polar surface area (TPSA) is 77.2 Å². The summed E-state index contributed by atoms with van der Waals surface area (Å²) < 4.78 is 48.7. The first-order valence-corrected chi connectivity index (χ1v) is 9.27. The third-order valence-electron chi connectivity index (χ3n) is 4.34. The molecular formula is C21H20F3N3O3. The second-order valence-corrected chi connectivity index (χ2v) is 6.50. The number of alkyl halides is 3. The minimum Gasteiger partial charge on any atom is -0.372 e. The normalized spacial score (nSPS) is 12.6. The Morgan fingerprint density at radius 3 is 2.53 bits per heavy atom. The molecule has 0 saturated carbocycles. The molecule has 1 heterocycles. The van der Waals surface area contributed by atoms with E-state index in [1.165, 1.54) is 12.1 Å². The maximum atomic E-state index is 12.8. The Balaban J connectivity index is 1.78. The molecule has 1 amide bonds. The van der Waals surface area contributed by atoms with Crippen molar-refractivity contribution in [2.45, 2.75) is 32.7 Å². The second-order valence-electron chi connectivity index (χ2n) is 6.50. The van der Waals surface area contributed by atoms with Crippen molar-refractivity contribution in [1.29, 1.82) is 0 Å². The fraction of sp³-hybridized carbons (Fsp3) is 0.286. The highest BCUT2D eigenvalue weighted by Crippen LogP contribution is 2.32. The van der Waals surface area contributed by atoms with Crippen LogP contribution in [0.2, 0.25) is 0 Å². The van der Waals surface area contributed by atoms with Crippen LogP contribution in [-0.2, 0) is 17.5 Å². The van der Waals surface area contributed by atoms with Gasteiger partial charge in [0.15, 0.2) is 5.82 Å². The van der Waals surface area contributed by atoms with E-state index in [1.54, 1.807) is 31.2 Å². The van der Waals surface area contributed by atoms with Gasteiger partial charge in [0, 0.05) is 12.2 Å². The predicted molar refractivity (Wildman–Crippen MR) is 102 cm³/mol. The number of rotatable bonds is 7. The van der Waals surface area contributed by atoms with Gasteiger partial charge in [-0.1, -0.05) is 35.5 Å². The Morgan fingerprint density at radius 1 is 1.17 bits per heavy atom. The molecule has 2 aromatic carbocycles. The van der Waals surface area contributed by atoms with Crippen molar-refractivity contribution in [3.05, 3.63) is 71.4 Å². The van der Waals surface area contributed by atoms with Gasteiger partial charge >= 0.3 is 6.18 Å². The third-order valence-corrected chi connectivity index (χ3v) is 4.34. The molecule has 0 bridgehead atoms. The molecule has 0 fully saturated rings. The first kappa shape index (κ1) is 21.5. The van der Waals surface area contributed by atoms with Crippen LogP contribution in [0, 0.1) is 0 Å². The largest absolute Gasteiger partial charge is 0.416 e. The van der Waals surface area contributed by atoms with Crippen molar-refractivity contribution in [2.75, 3.05) is 6.61 Å². The number of nitrogens with zero attached hydrogens (tertiary/aromatic N) is 2. The number of amides is 1. The molecule has 1 unspecified atom stereocenters. The highest BCUT2D eigenvalue weighted by atomic mass is 19.4. The zero-order chi connectivity index (χ0) is 21.7. The summed E-state index contributed by atoms with van der Waals surface area (Å²) in [5.74, 6) is 0.192. The number of hydrogen-bond donors (Lipinski definition) is 1. The van der Waals surface area contributed by atoms with E-state index < -0.39 is 23.7 Å². The van der Waals surface area contributed by atoms with Gasteiger partial charge in [-0.05, 0) is 43.2 Å². The van der Waals surface area contributed by atoms with Crippen LogP contribution in [0.1, 0.15) is 47.5 Å². The molecule has 30 heavy (non-hydrogen) atoms. The standard InChI is InChI=1S/C21H20F3N3O3/c1-3-29-12-18-26-19(27-30-18)13(2)25-20(28)17-7-5-4-6-16(17)14-8-10-15(11-9-14)21(22,23)24/h4-11,13H,3,12H2,1-2H3,(H,25,28). The molecule has 0 aliphatic carbocycles. The molecule has 0 aliphatic heterocycles. The van der Waals surface area contributed by atoms with E-state index in [0.29, 0.717) is 35.0 Å². The average molecular weight is 419 g/mol. The van der Waals surface area contributed by atoms with Gasteiger partial charge in [-0.25, -0.2) is 0 Å². The van der Waals surface area contributed by atoms with Gasteiger partial charge in [0.05, 0.1) is 11.6 Å². The van der Waals surface area contributed by atoms with Gasteiger partial charge in [0.1, 0.15) is 6.61 Å². The van der Waals surface area contributed by atoms with E-state index >= 15 is 0 Å². The monoisotopic (exact) mass is 419 g/mol. The van der Waals surface area contributed by atoms with E-state index in [9.17, 15) is 18.0 Å². The minimum atomic E-state index is -4.42. The van der Waals surface area contributed by atoms with E-state index in [2.05, 4.69) is 15.5 Å². The Bertz CT molecular complexity index is 1000. The summed E-state index contributed by atoms with van der Waals surface area (Å²) in [4.78, 5) is 17.0. The number of carbonyl (C=O) groups excluding carboxylic acids is 1. The summed E-state index contributed by atoms with van der Waals surface area (Å²) in [5, 5.41) is 6.62. The van der Waals surface area contributed by atoms with Gasteiger partial charge in [-0.3, -0.25) is 4.79 Å². The van der Waals surface area contributed by atoms with Crippen molar-refractivity contribution < 1.29 is 27.2 Å². The quantitative estimate of drug-likeness (QED) is 0.596. The summed E-state index contributed by atoms with van der Waals surface area (Å²) in [5.41, 5.74) is 0.588. The lowest BCUT2D eigenvalue weighted by atomic mass is 9.98. The number of aromatic nitrogens is 2. The van der Waals surface area contributed by atoms with Crippen LogP contribution in [0.4, 0.5) is 13.2 Å². The maximum absolute atomic E-state index is 12.8. The van der Waals surface area contributed by atoms with Crippen LogP contribution < -0.4 is 5.32 Å². The third kappa shape index (κ3) is 5.04. The van der Waals surface area contributed by atoms with Crippen molar-refractivity contribution in [3.63, 3.8) is 0 Å². The molecule has 0 radical (unpaired) electrons. The maximum Gasteiger partial charge on any atom is 0.416 e. The molecule has 0 spiro atoms. The molecule has 3 rings (SSSR count). The second kappa shape index (κ2) is 9.08. The number of carbonyl (C=O) groups is 1. The summed E-state index contributed by atoms with van der Waals surface area (Å²) in [6.07, 6.45) is -4.42. The Kier molecular flexibility index (Phi) is 6.51. The smallest absolute Gasteiger partial charge is 0.372 e. The fourth-order valence-electron chi connectivity index (χ4n) is 2.80. The van der Waals surface area contributed by atoms with Crippen LogP contribution in [0.5, 0.6) is 0 Å². The molecule has 1 aromatic heterocycles. The van der Waals surface area contributed by atoms with Gasteiger partial charge < -0.3 is 14.6 Å². The van der Waals surface area contributed by atoms with Gasteiger partial charge in [-0.15, -0.1) is 0 Å². The van der Waals surface area contributed by atoms with Crippen molar-refractivity contribution >= 4 is 5.91 Å². The number of halogens is 3. The average Bonchev–Trinajstić information content (AvgIpc) is 3.21. The molecule has 0 saturated heterocycles. The highest BCUT2D eigenvalue weighted by molar-refractivity contribution is 6.01. The van der Waals surface area contributed by atoms with E-state index in [-0.39, 0.29) is 6.61 Å². The van der Waals surface area contributed by atoms with Gasteiger partial charge in [0.25, 0.3) is 11.8 Å². The molecule has 3 aromatic rings. The van der Waals surface area contributed by atoms with Crippen LogP contribution in [0.25, 0.3) is 11.1 Å². The van der Waals surface area contributed by atoms with Crippen molar-refractivity contribution in [3.8, 4) is 11.1 Å².